The van der Waals surface area contributed by atoms with Crippen LogP contribution in [0.4, 0.5) is 0 Å². The van der Waals surface area contributed by atoms with E-state index in [4.69, 9.17) is 21.7 Å². The first-order valence-electron chi connectivity index (χ1n) is 7.87. The summed E-state index contributed by atoms with van der Waals surface area (Å²) in [5, 5.41) is 7.94. The summed E-state index contributed by atoms with van der Waals surface area (Å²) in [6, 6.07) is 7.32. The monoisotopic (exact) mass is 320 g/mol. The third-order valence-corrected chi connectivity index (χ3v) is 4.75. The molecular formula is C17H21ClN2O2. The van der Waals surface area contributed by atoms with Gasteiger partial charge in [0.25, 0.3) is 5.24 Å². The number of piperidine rings is 1. The zero-order valence-corrected chi connectivity index (χ0v) is 13.3. The molecule has 118 valence electrons. The highest BCUT2D eigenvalue weighted by Crippen LogP contribution is 2.34. The molecule has 1 N–H and O–H groups in total. The minimum Gasteiger partial charge on any atom is -0.484 e. The van der Waals surface area contributed by atoms with Crippen LogP contribution in [0.3, 0.4) is 0 Å². The number of carbonyl (C=O) groups is 1. The lowest BCUT2D eigenvalue weighted by Crippen LogP contribution is -2.45. The number of nitrogens with one attached hydrogen (secondary N) is 1. The average Bonchev–Trinajstić information content (AvgIpc) is 2.52. The van der Waals surface area contributed by atoms with E-state index in [0.29, 0.717) is 11.6 Å². The van der Waals surface area contributed by atoms with E-state index in [9.17, 15) is 4.79 Å². The number of carbonyl (C=O) groups excluding carboxylic acids is 1. The van der Waals surface area contributed by atoms with Crippen LogP contribution >= 0.6 is 11.6 Å². The number of nitrogens with zero attached hydrogens (tertiary/aromatic N) is 1. The van der Waals surface area contributed by atoms with Crippen LogP contribution in [0.2, 0.25) is 0 Å². The molecule has 0 aromatic heterocycles. The van der Waals surface area contributed by atoms with Crippen LogP contribution in [-0.2, 0) is 4.79 Å². The van der Waals surface area contributed by atoms with E-state index >= 15 is 0 Å². The Kier molecular flexibility index (Phi) is 4.67. The van der Waals surface area contributed by atoms with E-state index in [-0.39, 0.29) is 6.61 Å². The van der Waals surface area contributed by atoms with Gasteiger partial charge in [-0.1, -0.05) is 6.42 Å². The van der Waals surface area contributed by atoms with Crippen molar-refractivity contribution in [1.29, 1.82) is 5.41 Å². The number of fused-ring (bicyclic) bond motifs is 2. The minimum atomic E-state index is -0.517. The van der Waals surface area contributed by atoms with Crippen LogP contribution in [0, 0.1) is 17.2 Å². The van der Waals surface area contributed by atoms with Crippen LogP contribution in [0.15, 0.2) is 24.3 Å². The third-order valence-electron chi connectivity index (χ3n) is 4.64. The highest BCUT2D eigenvalue weighted by atomic mass is 35.5. The Morgan fingerprint density at radius 3 is 2.45 bits per heavy atom. The maximum absolute atomic E-state index is 10.7. The molecule has 22 heavy (non-hydrogen) atoms. The van der Waals surface area contributed by atoms with Gasteiger partial charge in [-0.05, 0) is 67.0 Å². The quantitative estimate of drug-likeness (QED) is 0.526. The van der Waals surface area contributed by atoms with Gasteiger partial charge in [0.1, 0.15) is 11.6 Å². The first-order valence-corrected chi connectivity index (χ1v) is 8.24. The molecular weight excluding hydrogens is 300 g/mol. The topological polar surface area (TPSA) is 53.4 Å². The minimum absolute atomic E-state index is 0.131. The number of benzene rings is 1. The highest BCUT2D eigenvalue weighted by Gasteiger charge is 2.31. The number of hydrogen-bond acceptors (Lipinski definition) is 3. The first kappa shape index (κ1) is 15.3. The number of rotatable bonds is 4. The Bertz CT molecular complexity index is 546. The molecule has 4 nitrogen and oxygen atoms in total. The molecule has 0 radical (unpaired) electrons. The molecule has 1 saturated heterocycles. The number of ether oxygens (including phenoxy) is 1. The molecule has 2 atom stereocenters. The summed E-state index contributed by atoms with van der Waals surface area (Å²) in [5.74, 6) is 2.70. The van der Waals surface area contributed by atoms with Crippen LogP contribution in [0.1, 0.15) is 31.2 Å². The standard InChI is InChI=1S/C17H21ClN2O2/c18-16(21)11-22-15-6-4-14(5-7-15)17(19)20-9-12-2-1-3-13(8-12)10-20/h4-7,12-13,19H,1-3,8-11H2. The van der Waals surface area contributed by atoms with Crippen LogP contribution in [-0.4, -0.2) is 35.7 Å². The normalized spacial score (nSPS) is 24.0. The Morgan fingerprint density at radius 1 is 1.23 bits per heavy atom. The fourth-order valence-electron chi connectivity index (χ4n) is 3.65. The van der Waals surface area contributed by atoms with Crippen molar-refractivity contribution in [3.63, 3.8) is 0 Å². The Balaban J connectivity index is 1.63. The molecule has 1 aliphatic heterocycles. The molecule has 1 heterocycles. The second kappa shape index (κ2) is 6.69. The van der Waals surface area contributed by atoms with Crippen molar-refractivity contribution < 1.29 is 9.53 Å². The molecule has 2 fully saturated rings. The summed E-state index contributed by atoms with van der Waals surface area (Å²) in [6.07, 6.45) is 5.30. The van der Waals surface area contributed by atoms with Gasteiger partial charge < -0.3 is 9.64 Å². The third kappa shape index (κ3) is 3.61. The van der Waals surface area contributed by atoms with Crippen molar-refractivity contribution in [1.82, 2.24) is 4.90 Å². The van der Waals surface area contributed by atoms with Gasteiger partial charge in [-0.15, -0.1) is 0 Å². The molecule has 2 bridgehead atoms. The van der Waals surface area contributed by atoms with E-state index in [2.05, 4.69) is 4.90 Å². The fraction of sp³-hybridized carbons (Fsp3) is 0.529. The largest absolute Gasteiger partial charge is 0.484 e. The lowest BCUT2D eigenvalue weighted by Gasteiger charge is -2.42. The Hall–Kier alpha value is -1.55. The zero-order chi connectivity index (χ0) is 15.5. The lowest BCUT2D eigenvalue weighted by atomic mass is 9.78. The summed E-state index contributed by atoms with van der Waals surface area (Å²) in [4.78, 5) is 12.9. The molecule has 2 aliphatic rings. The van der Waals surface area contributed by atoms with Crippen LogP contribution in [0.5, 0.6) is 5.75 Å². The van der Waals surface area contributed by atoms with Gasteiger partial charge in [-0.3, -0.25) is 10.2 Å². The zero-order valence-electron chi connectivity index (χ0n) is 12.6. The molecule has 0 spiro atoms. The van der Waals surface area contributed by atoms with E-state index in [1.165, 1.54) is 25.7 Å². The predicted molar refractivity (Wildman–Crippen MR) is 86.6 cm³/mol. The number of hydrogen-bond donors (Lipinski definition) is 1. The van der Waals surface area contributed by atoms with Crippen molar-refractivity contribution in [3.8, 4) is 5.75 Å². The van der Waals surface area contributed by atoms with Gasteiger partial charge in [-0.25, -0.2) is 0 Å². The van der Waals surface area contributed by atoms with Crippen molar-refractivity contribution in [2.75, 3.05) is 19.7 Å². The van der Waals surface area contributed by atoms with Crippen molar-refractivity contribution in [2.24, 2.45) is 11.8 Å². The average molecular weight is 321 g/mol. The number of likely N-dealkylation sites (tertiary alicyclic amines) is 1. The molecule has 2 unspecified atom stereocenters. The Labute approximate surface area is 135 Å². The van der Waals surface area contributed by atoms with Gasteiger partial charge in [-0.2, -0.15) is 0 Å². The van der Waals surface area contributed by atoms with Gasteiger partial charge in [0.05, 0.1) is 0 Å². The number of amidine groups is 1. The van der Waals surface area contributed by atoms with E-state index < -0.39 is 5.24 Å². The fourth-order valence-corrected chi connectivity index (χ4v) is 3.70. The molecule has 5 heteroatoms. The summed E-state index contributed by atoms with van der Waals surface area (Å²) in [6.45, 7) is 1.89. The lowest BCUT2D eigenvalue weighted by molar-refractivity contribution is -0.113. The molecule has 1 aliphatic carbocycles. The SMILES string of the molecule is N=C(c1ccc(OCC(=O)Cl)cc1)N1CC2CCCC(C2)C1. The van der Waals surface area contributed by atoms with Crippen molar-refractivity contribution in [2.45, 2.75) is 25.7 Å². The van der Waals surface area contributed by atoms with Crippen molar-refractivity contribution >= 4 is 22.7 Å². The summed E-state index contributed by atoms with van der Waals surface area (Å²) in [5.41, 5.74) is 0.893. The second-order valence-corrected chi connectivity index (χ2v) is 6.74. The summed E-state index contributed by atoms with van der Waals surface area (Å²) >= 11 is 5.25. The molecule has 1 saturated carbocycles. The van der Waals surface area contributed by atoms with E-state index in [0.717, 1.165) is 30.5 Å². The molecule has 0 amide bonds. The van der Waals surface area contributed by atoms with Crippen LogP contribution < -0.4 is 4.74 Å². The highest BCUT2D eigenvalue weighted by molar-refractivity contribution is 6.63. The van der Waals surface area contributed by atoms with Gasteiger partial charge in [0.2, 0.25) is 0 Å². The van der Waals surface area contributed by atoms with E-state index in [1.807, 2.05) is 12.1 Å². The van der Waals surface area contributed by atoms with Gasteiger partial charge in [0, 0.05) is 18.7 Å². The molecule has 3 rings (SSSR count). The van der Waals surface area contributed by atoms with Crippen molar-refractivity contribution in [3.05, 3.63) is 29.8 Å². The second-order valence-electron chi connectivity index (χ2n) is 6.32. The predicted octanol–water partition coefficient (Wildman–Crippen LogP) is 3.28. The smallest absolute Gasteiger partial charge is 0.259 e. The molecule has 1 aromatic carbocycles. The van der Waals surface area contributed by atoms with Gasteiger partial charge in [0.15, 0.2) is 6.61 Å². The van der Waals surface area contributed by atoms with E-state index in [1.54, 1.807) is 12.1 Å². The first-order chi connectivity index (χ1) is 10.6. The van der Waals surface area contributed by atoms with Crippen LogP contribution in [0.25, 0.3) is 0 Å². The summed E-state index contributed by atoms with van der Waals surface area (Å²) in [7, 11) is 0. The Morgan fingerprint density at radius 2 is 1.86 bits per heavy atom. The van der Waals surface area contributed by atoms with Gasteiger partial charge >= 0.3 is 0 Å². The maximum Gasteiger partial charge on any atom is 0.259 e. The number of halogens is 1. The molecule has 1 aromatic rings. The summed E-state index contributed by atoms with van der Waals surface area (Å²) < 4.78 is 5.24. The maximum atomic E-state index is 10.7.